The Morgan fingerprint density at radius 1 is 1.20 bits per heavy atom. The van der Waals surface area contributed by atoms with E-state index in [0.717, 1.165) is 15.8 Å². The number of anilines is 1. The van der Waals surface area contributed by atoms with Crippen LogP contribution in [0.4, 0.5) is 10.8 Å². The molecule has 9 heteroatoms. The molecule has 30 heavy (non-hydrogen) atoms. The summed E-state index contributed by atoms with van der Waals surface area (Å²) >= 11 is 1.34. The molecule has 4 rings (SSSR count). The van der Waals surface area contributed by atoms with Gasteiger partial charge in [0, 0.05) is 18.3 Å². The second-order valence-corrected chi connectivity index (χ2v) is 7.71. The van der Waals surface area contributed by atoms with E-state index in [1.807, 2.05) is 25.1 Å². The highest BCUT2D eigenvalue weighted by atomic mass is 32.1. The first kappa shape index (κ1) is 19.5. The summed E-state index contributed by atoms with van der Waals surface area (Å²) in [6.07, 6.45) is 1.54. The first-order chi connectivity index (χ1) is 14.4. The molecule has 4 aromatic rings. The van der Waals surface area contributed by atoms with Crippen molar-refractivity contribution in [3.8, 4) is 0 Å². The summed E-state index contributed by atoms with van der Waals surface area (Å²) < 4.78 is 2.29. The number of rotatable bonds is 5. The summed E-state index contributed by atoms with van der Waals surface area (Å²) in [4.78, 5) is 40.4. The molecule has 0 unspecified atom stereocenters. The van der Waals surface area contributed by atoms with Crippen LogP contribution in [-0.4, -0.2) is 20.4 Å². The van der Waals surface area contributed by atoms with Gasteiger partial charge in [0.1, 0.15) is 5.56 Å². The number of carbonyl (C=O) groups is 1. The van der Waals surface area contributed by atoms with E-state index in [4.69, 9.17) is 0 Å². The summed E-state index contributed by atoms with van der Waals surface area (Å²) in [5, 5.41) is 14.1. The van der Waals surface area contributed by atoms with Gasteiger partial charge in [-0.3, -0.25) is 25.0 Å². The number of non-ortho nitro benzene ring substituents is 1. The minimum absolute atomic E-state index is 0.0288. The maximum absolute atomic E-state index is 12.8. The molecule has 0 atom stereocenters. The number of nitro groups is 1. The summed E-state index contributed by atoms with van der Waals surface area (Å²) in [6.45, 7) is 2.05. The molecule has 1 N–H and O–H groups in total. The van der Waals surface area contributed by atoms with Crippen LogP contribution in [0.15, 0.2) is 65.6 Å². The van der Waals surface area contributed by atoms with Crippen molar-refractivity contribution < 1.29 is 9.72 Å². The Bertz CT molecular complexity index is 1340. The number of nitro benzene ring substituents is 1. The molecule has 0 aliphatic heterocycles. The van der Waals surface area contributed by atoms with Crippen LogP contribution in [0.1, 0.15) is 21.5 Å². The molecule has 0 bridgehead atoms. The minimum Gasteiger partial charge on any atom is -0.310 e. The zero-order valence-corrected chi connectivity index (χ0v) is 16.7. The van der Waals surface area contributed by atoms with Gasteiger partial charge in [-0.1, -0.05) is 35.6 Å². The predicted octanol–water partition coefficient (Wildman–Crippen LogP) is 3.98. The number of fused-ring (bicyclic) bond motifs is 1. The number of thiazole rings is 1. The minimum atomic E-state index is -0.551. The van der Waals surface area contributed by atoms with E-state index in [1.54, 1.807) is 24.4 Å². The number of benzene rings is 2. The predicted molar refractivity (Wildman–Crippen MR) is 115 cm³/mol. The largest absolute Gasteiger partial charge is 0.310 e. The Morgan fingerprint density at radius 3 is 2.77 bits per heavy atom. The quantitative estimate of drug-likeness (QED) is 0.388. The number of hydrogen-bond acceptors (Lipinski definition) is 6. The highest BCUT2D eigenvalue weighted by Gasteiger charge is 2.15. The van der Waals surface area contributed by atoms with Crippen molar-refractivity contribution in [3.05, 3.63) is 98.0 Å². The van der Waals surface area contributed by atoms with Gasteiger partial charge in [0.15, 0.2) is 5.13 Å². The first-order valence-electron chi connectivity index (χ1n) is 9.02. The number of aryl methyl sites for hydroxylation is 1. The summed E-state index contributed by atoms with van der Waals surface area (Å²) in [5.41, 5.74) is 1.83. The molecule has 150 valence electrons. The normalized spacial score (nSPS) is 10.8. The Labute approximate surface area is 174 Å². The molecular formula is C21H16N4O4S. The lowest BCUT2D eigenvalue weighted by Crippen LogP contribution is -2.29. The van der Waals surface area contributed by atoms with Crippen molar-refractivity contribution in [1.82, 2.24) is 9.55 Å². The fourth-order valence-corrected chi connectivity index (χ4v) is 4.04. The smallest absolute Gasteiger partial charge is 0.269 e. The molecule has 0 spiro atoms. The van der Waals surface area contributed by atoms with Gasteiger partial charge in [-0.2, -0.15) is 0 Å². The van der Waals surface area contributed by atoms with Crippen LogP contribution >= 0.6 is 11.3 Å². The number of para-hydroxylation sites is 1. The van der Waals surface area contributed by atoms with Crippen LogP contribution in [0.3, 0.4) is 0 Å². The molecule has 8 nitrogen and oxygen atoms in total. The van der Waals surface area contributed by atoms with E-state index in [2.05, 4.69) is 10.3 Å². The summed E-state index contributed by atoms with van der Waals surface area (Å²) in [6, 6.07) is 14.9. The Morgan fingerprint density at radius 2 is 2.00 bits per heavy atom. The van der Waals surface area contributed by atoms with E-state index in [9.17, 15) is 19.7 Å². The van der Waals surface area contributed by atoms with Crippen molar-refractivity contribution in [1.29, 1.82) is 0 Å². The highest BCUT2D eigenvalue weighted by molar-refractivity contribution is 7.22. The zero-order chi connectivity index (χ0) is 21.3. The fraction of sp³-hybridized carbons (Fsp3) is 0.0952. The summed E-state index contributed by atoms with van der Waals surface area (Å²) in [7, 11) is 0. The standard InChI is InChI=1S/C21H16N4O4S/c1-13-5-2-9-17-18(13)22-21(30-17)23-19(26)16-8-4-10-24(20(16)27)12-14-6-3-7-15(11-14)25(28)29/h2-11H,12H2,1H3,(H,22,23,26). The molecule has 2 aromatic carbocycles. The monoisotopic (exact) mass is 420 g/mol. The average Bonchev–Trinajstić information content (AvgIpc) is 3.13. The zero-order valence-electron chi connectivity index (χ0n) is 15.9. The lowest BCUT2D eigenvalue weighted by Gasteiger charge is -2.08. The summed E-state index contributed by atoms with van der Waals surface area (Å²) in [5.74, 6) is -0.551. The third kappa shape index (κ3) is 3.83. The van der Waals surface area contributed by atoms with Crippen LogP contribution in [0, 0.1) is 17.0 Å². The number of nitrogens with zero attached hydrogens (tertiary/aromatic N) is 3. The van der Waals surface area contributed by atoms with Crippen molar-refractivity contribution in [2.24, 2.45) is 0 Å². The molecule has 0 radical (unpaired) electrons. The molecule has 1 amide bonds. The van der Waals surface area contributed by atoms with Gasteiger partial charge < -0.3 is 4.57 Å². The number of carbonyl (C=O) groups excluding carboxylic acids is 1. The van der Waals surface area contributed by atoms with Crippen molar-refractivity contribution in [2.45, 2.75) is 13.5 Å². The second kappa shape index (κ2) is 7.88. The molecule has 2 heterocycles. The van der Waals surface area contributed by atoms with Crippen LogP contribution in [0.5, 0.6) is 0 Å². The first-order valence-corrected chi connectivity index (χ1v) is 9.84. The van der Waals surface area contributed by atoms with E-state index < -0.39 is 16.4 Å². The molecule has 0 aliphatic rings. The number of aromatic nitrogens is 2. The molecular weight excluding hydrogens is 404 g/mol. The number of amides is 1. The maximum atomic E-state index is 12.8. The van der Waals surface area contributed by atoms with Gasteiger partial charge in [0.2, 0.25) is 0 Å². The average molecular weight is 420 g/mol. The second-order valence-electron chi connectivity index (χ2n) is 6.68. The lowest BCUT2D eigenvalue weighted by molar-refractivity contribution is -0.384. The van der Waals surface area contributed by atoms with E-state index in [1.165, 1.54) is 34.1 Å². The van der Waals surface area contributed by atoms with Crippen molar-refractivity contribution in [3.63, 3.8) is 0 Å². The Hall–Kier alpha value is -3.85. The van der Waals surface area contributed by atoms with Gasteiger partial charge in [-0.05, 0) is 36.2 Å². The van der Waals surface area contributed by atoms with Crippen molar-refractivity contribution in [2.75, 3.05) is 5.32 Å². The third-order valence-corrected chi connectivity index (χ3v) is 5.52. The number of nitrogens with one attached hydrogen (secondary N) is 1. The topological polar surface area (TPSA) is 107 Å². The molecule has 0 saturated heterocycles. The van der Waals surface area contributed by atoms with Gasteiger partial charge in [-0.25, -0.2) is 4.98 Å². The number of pyridine rings is 1. The molecule has 0 fully saturated rings. The van der Waals surface area contributed by atoms with Crippen LogP contribution in [0.2, 0.25) is 0 Å². The number of hydrogen-bond donors (Lipinski definition) is 1. The molecule has 2 aromatic heterocycles. The third-order valence-electron chi connectivity index (χ3n) is 4.58. The van der Waals surface area contributed by atoms with E-state index in [-0.39, 0.29) is 17.8 Å². The van der Waals surface area contributed by atoms with Gasteiger partial charge in [0.25, 0.3) is 17.2 Å². The molecule has 0 saturated carbocycles. The van der Waals surface area contributed by atoms with E-state index >= 15 is 0 Å². The van der Waals surface area contributed by atoms with Crippen molar-refractivity contribution >= 4 is 38.3 Å². The van der Waals surface area contributed by atoms with Crippen LogP contribution in [0.25, 0.3) is 10.2 Å². The maximum Gasteiger partial charge on any atom is 0.269 e. The molecule has 0 aliphatic carbocycles. The fourth-order valence-electron chi connectivity index (χ4n) is 3.10. The Balaban J connectivity index is 1.59. The van der Waals surface area contributed by atoms with Gasteiger partial charge in [0.05, 0.1) is 21.7 Å². The van der Waals surface area contributed by atoms with Gasteiger partial charge in [-0.15, -0.1) is 0 Å². The highest BCUT2D eigenvalue weighted by Crippen LogP contribution is 2.28. The van der Waals surface area contributed by atoms with E-state index in [0.29, 0.717) is 10.7 Å². The Kier molecular flexibility index (Phi) is 5.11. The van der Waals surface area contributed by atoms with Crippen LogP contribution < -0.4 is 10.9 Å². The SMILES string of the molecule is Cc1cccc2sc(NC(=O)c3cccn(Cc4cccc([N+](=O)[O-])c4)c3=O)nc12. The van der Waals surface area contributed by atoms with Gasteiger partial charge >= 0.3 is 0 Å². The lowest BCUT2D eigenvalue weighted by atomic mass is 10.2. The van der Waals surface area contributed by atoms with Crippen LogP contribution in [-0.2, 0) is 6.54 Å².